The van der Waals surface area contributed by atoms with Gasteiger partial charge in [0.05, 0.1) is 24.5 Å². The zero-order valence-electron chi connectivity index (χ0n) is 14.6. The van der Waals surface area contributed by atoms with Crippen molar-refractivity contribution in [1.82, 2.24) is 0 Å². The van der Waals surface area contributed by atoms with Crippen molar-refractivity contribution in [1.29, 1.82) is 0 Å². The van der Waals surface area contributed by atoms with Gasteiger partial charge >= 0.3 is 12.0 Å². The number of aromatic carboxylic acids is 1. The molecule has 27 heavy (non-hydrogen) atoms. The van der Waals surface area contributed by atoms with Gasteiger partial charge in [0.15, 0.2) is 0 Å². The predicted octanol–water partition coefficient (Wildman–Crippen LogP) is 4.28. The van der Waals surface area contributed by atoms with Gasteiger partial charge in [-0.1, -0.05) is 12.1 Å². The number of unbranched alkanes of at least 4 members (excludes halogenated alkanes) is 2. The number of urea groups is 1. The van der Waals surface area contributed by atoms with Crippen molar-refractivity contribution in [3.63, 3.8) is 0 Å². The number of hydrogen-bond donors (Lipinski definition) is 2. The maximum Gasteiger partial charge on any atom is 0.356 e. The third kappa shape index (κ3) is 7.02. The lowest BCUT2D eigenvalue weighted by Gasteiger charge is -2.11. The number of ether oxygens (including phenoxy) is 2. The van der Waals surface area contributed by atoms with Gasteiger partial charge in [0.25, 0.3) is 0 Å². The summed E-state index contributed by atoms with van der Waals surface area (Å²) < 4.78 is 14.4. The third-order valence-corrected chi connectivity index (χ3v) is 3.79. The van der Waals surface area contributed by atoms with Crippen LogP contribution in [0.2, 0.25) is 0 Å². The molecular weight excluding hydrogens is 368 g/mol. The van der Waals surface area contributed by atoms with E-state index in [1.165, 1.54) is 12.1 Å². The highest BCUT2D eigenvalue weighted by Gasteiger charge is 2.06. The van der Waals surface area contributed by atoms with Crippen molar-refractivity contribution in [2.24, 2.45) is 4.36 Å². The number of para-hydroxylation sites is 2. The lowest BCUT2D eigenvalue weighted by Crippen LogP contribution is -2.08. The second-order valence-corrected chi connectivity index (χ2v) is 5.79. The number of nitrogens with one attached hydrogen (secondary N) is 1. The molecule has 0 saturated carbocycles. The quantitative estimate of drug-likeness (QED) is 0.590. The van der Waals surface area contributed by atoms with Crippen LogP contribution in [-0.2, 0) is 12.4 Å². The summed E-state index contributed by atoms with van der Waals surface area (Å²) in [5, 5.41) is 11.4. The summed E-state index contributed by atoms with van der Waals surface area (Å²) in [6.45, 7) is 1.05. The van der Waals surface area contributed by atoms with Gasteiger partial charge in [-0.25, -0.2) is 9.59 Å². The summed E-state index contributed by atoms with van der Waals surface area (Å²) in [5.74, 6) is 0.258. The van der Waals surface area contributed by atoms with E-state index in [4.69, 9.17) is 14.6 Å². The van der Waals surface area contributed by atoms with E-state index in [0.29, 0.717) is 30.4 Å². The summed E-state index contributed by atoms with van der Waals surface area (Å²) in [6.07, 6.45) is 2.58. The molecule has 142 valence electrons. The van der Waals surface area contributed by atoms with Crippen molar-refractivity contribution >= 4 is 30.1 Å². The summed E-state index contributed by atoms with van der Waals surface area (Å²) >= 11 is 4.35. The molecule has 0 aliphatic carbocycles. The molecular formula is C19H20N2O5S. The first-order valence-electron chi connectivity index (χ1n) is 8.42. The van der Waals surface area contributed by atoms with E-state index in [1.54, 1.807) is 30.3 Å². The largest absolute Gasteiger partial charge is 0.494 e. The van der Waals surface area contributed by atoms with Gasteiger partial charge in [-0.15, -0.1) is 4.36 Å². The van der Waals surface area contributed by atoms with Crippen molar-refractivity contribution in [2.75, 3.05) is 18.5 Å². The zero-order chi connectivity index (χ0) is 19.5. The Hall–Kier alpha value is -3.00. The first-order valence-corrected chi connectivity index (χ1v) is 8.79. The van der Waals surface area contributed by atoms with Gasteiger partial charge in [-0.2, -0.15) is 0 Å². The second-order valence-electron chi connectivity index (χ2n) is 5.60. The summed E-state index contributed by atoms with van der Waals surface area (Å²) in [7, 11) is 0. The van der Waals surface area contributed by atoms with Gasteiger partial charge in [-0.3, -0.25) is 0 Å². The van der Waals surface area contributed by atoms with Crippen LogP contribution < -0.4 is 14.8 Å². The Kier molecular flexibility index (Phi) is 8.18. The molecule has 0 fully saturated rings. The smallest absolute Gasteiger partial charge is 0.356 e. The standard InChI is InChI=1S/C19H20N2O5S/c22-18(23)14-8-10-15(11-9-14)25-12-4-1-5-13-26-17-7-3-2-6-16(17)20-19(24)21-27/h2-3,6-11H,1,4-5,12-13H2,(H,20,24)(H,22,23). The molecule has 2 N–H and O–H groups in total. The fourth-order valence-electron chi connectivity index (χ4n) is 2.28. The predicted molar refractivity (Wildman–Crippen MR) is 103 cm³/mol. The number of nitrogens with zero attached hydrogens (tertiary/aromatic N) is 1. The fraction of sp³-hybridized carbons (Fsp3) is 0.263. The Labute approximate surface area is 162 Å². The highest BCUT2D eigenvalue weighted by molar-refractivity contribution is 7.47. The zero-order valence-corrected chi connectivity index (χ0v) is 15.4. The van der Waals surface area contributed by atoms with E-state index in [9.17, 15) is 9.59 Å². The maximum absolute atomic E-state index is 11.3. The number of anilines is 1. The minimum Gasteiger partial charge on any atom is -0.494 e. The van der Waals surface area contributed by atoms with Crippen LogP contribution in [0.4, 0.5) is 10.5 Å². The molecule has 0 atom stereocenters. The van der Waals surface area contributed by atoms with Crippen LogP contribution in [0.1, 0.15) is 29.6 Å². The number of hydrogen-bond acceptors (Lipinski definition) is 5. The topological polar surface area (TPSA) is 97.2 Å². The number of carboxylic acid groups (broad SMARTS) is 1. The maximum atomic E-state index is 11.3. The Morgan fingerprint density at radius 1 is 0.963 bits per heavy atom. The number of carbonyl (C=O) groups excluding carboxylic acids is 1. The molecule has 0 radical (unpaired) electrons. The monoisotopic (exact) mass is 388 g/mol. The molecule has 2 amide bonds. The summed E-state index contributed by atoms with van der Waals surface area (Å²) in [4.78, 5) is 22.1. The Morgan fingerprint density at radius 3 is 2.30 bits per heavy atom. The van der Waals surface area contributed by atoms with E-state index in [-0.39, 0.29) is 5.56 Å². The normalized spacial score (nSPS) is 10.1. The Balaban J connectivity index is 1.64. The van der Waals surface area contributed by atoms with Crippen LogP contribution >= 0.6 is 0 Å². The first kappa shape index (κ1) is 20.3. The summed E-state index contributed by atoms with van der Waals surface area (Å²) in [6, 6.07) is 12.8. The molecule has 0 saturated heterocycles. The minimum atomic E-state index is -0.957. The van der Waals surface area contributed by atoms with Gasteiger partial charge in [-0.05, 0) is 55.7 Å². The molecule has 0 aromatic heterocycles. The van der Waals surface area contributed by atoms with Crippen LogP contribution in [0.5, 0.6) is 11.5 Å². The Morgan fingerprint density at radius 2 is 1.63 bits per heavy atom. The lowest BCUT2D eigenvalue weighted by atomic mass is 10.2. The number of carboxylic acids is 1. The van der Waals surface area contributed by atoms with E-state index in [2.05, 4.69) is 22.1 Å². The van der Waals surface area contributed by atoms with Gasteiger partial charge in [0, 0.05) is 12.4 Å². The van der Waals surface area contributed by atoms with E-state index in [0.717, 1.165) is 19.3 Å². The number of benzene rings is 2. The summed E-state index contributed by atoms with van der Waals surface area (Å²) in [5.41, 5.74) is 0.765. The van der Waals surface area contributed by atoms with Gasteiger partial charge < -0.3 is 19.9 Å². The molecule has 0 aliphatic heterocycles. The van der Waals surface area contributed by atoms with E-state index >= 15 is 0 Å². The molecule has 0 unspecified atom stereocenters. The van der Waals surface area contributed by atoms with Gasteiger partial charge in [0.1, 0.15) is 11.5 Å². The molecule has 2 rings (SSSR count). The van der Waals surface area contributed by atoms with Crippen LogP contribution in [0.15, 0.2) is 52.9 Å². The molecule has 0 bridgehead atoms. The van der Waals surface area contributed by atoms with E-state index < -0.39 is 12.0 Å². The highest BCUT2D eigenvalue weighted by Crippen LogP contribution is 2.24. The highest BCUT2D eigenvalue weighted by atomic mass is 32.1. The first-order chi connectivity index (χ1) is 13.1. The van der Waals surface area contributed by atoms with Crippen molar-refractivity contribution in [2.45, 2.75) is 19.3 Å². The van der Waals surface area contributed by atoms with Crippen molar-refractivity contribution < 1.29 is 24.2 Å². The van der Waals surface area contributed by atoms with Crippen LogP contribution in [0.25, 0.3) is 0 Å². The second kappa shape index (κ2) is 10.9. The van der Waals surface area contributed by atoms with Crippen LogP contribution in [0, 0.1) is 0 Å². The van der Waals surface area contributed by atoms with Gasteiger partial charge in [0.2, 0.25) is 0 Å². The third-order valence-electron chi connectivity index (χ3n) is 3.63. The van der Waals surface area contributed by atoms with Crippen molar-refractivity contribution in [3.05, 3.63) is 54.1 Å². The molecule has 2 aromatic rings. The molecule has 8 heteroatoms. The Bertz CT molecular complexity index is 780. The number of carbonyl (C=O) groups is 2. The van der Waals surface area contributed by atoms with Crippen LogP contribution in [-0.4, -0.2) is 30.3 Å². The molecule has 7 nitrogen and oxygen atoms in total. The van der Waals surface area contributed by atoms with Crippen LogP contribution in [0.3, 0.4) is 0 Å². The molecule has 0 aliphatic rings. The molecule has 0 spiro atoms. The lowest BCUT2D eigenvalue weighted by molar-refractivity contribution is 0.0697. The van der Waals surface area contributed by atoms with Crippen molar-refractivity contribution in [3.8, 4) is 11.5 Å². The molecule has 0 heterocycles. The average molecular weight is 388 g/mol. The minimum absolute atomic E-state index is 0.234. The average Bonchev–Trinajstić information content (AvgIpc) is 2.68. The van der Waals surface area contributed by atoms with E-state index in [1.807, 2.05) is 6.07 Å². The SMILES string of the molecule is O=C(N=S)Nc1ccccc1OCCCCCOc1ccc(C(=O)O)cc1. The number of rotatable bonds is 10. The molecule has 2 aromatic carbocycles. The number of amides is 2. The fourth-order valence-corrected chi connectivity index (χ4v) is 2.33.